The van der Waals surface area contributed by atoms with Gasteiger partial charge < -0.3 is 10.6 Å². The van der Waals surface area contributed by atoms with Crippen molar-refractivity contribution in [3.05, 3.63) is 35.4 Å². The van der Waals surface area contributed by atoms with Crippen LogP contribution >= 0.6 is 0 Å². The summed E-state index contributed by atoms with van der Waals surface area (Å²) in [5, 5.41) is 6.11. The van der Waals surface area contributed by atoms with Crippen molar-refractivity contribution in [2.75, 3.05) is 6.54 Å². The van der Waals surface area contributed by atoms with E-state index in [0.717, 1.165) is 32.1 Å². The van der Waals surface area contributed by atoms with Gasteiger partial charge >= 0.3 is 0 Å². The van der Waals surface area contributed by atoms with Gasteiger partial charge in [-0.1, -0.05) is 113 Å². The fraction of sp³-hybridized carbons (Fsp3) is 0.750. The lowest BCUT2D eigenvalue weighted by Crippen LogP contribution is -2.47. The highest BCUT2D eigenvalue weighted by atomic mass is 16.2. The smallest absolute Gasteiger partial charge is 0.251 e. The van der Waals surface area contributed by atoms with E-state index in [1.807, 2.05) is 24.3 Å². The summed E-state index contributed by atoms with van der Waals surface area (Å²) in [5.74, 6) is -0.233. The second-order valence-electron chi connectivity index (χ2n) is 14.0. The molecule has 4 heteroatoms. The molecule has 0 aliphatic rings. The number of hydrogen-bond acceptors (Lipinski definition) is 2. The van der Waals surface area contributed by atoms with Crippen LogP contribution in [0, 0.1) is 10.8 Å². The summed E-state index contributed by atoms with van der Waals surface area (Å²) in [4.78, 5) is 26.0. The topological polar surface area (TPSA) is 58.2 Å². The molecule has 0 bridgehead atoms. The van der Waals surface area contributed by atoms with Gasteiger partial charge in [0.05, 0.1) is 0 Å². The van der Waals surface area contributed by atoms with Crippen LogP contribution in [-0.2, 0) is 10.2 Å². The van der Waals surface area contributed by atoms with Crippen LogP contribution in [0.2, 0.25) is 0 Å². The van der Waals surface area contributed by atoms with Gasteiger partial charge in [0.25, 0.3) is 5.91 Å². The molecule has 0 aliphatic carbocycles. The highest BCUT2D eigenvalue weighted by Gasteiger charge is 2.22. The molecule has 0 spiro atoms. The van der Waals surface area contributed by atoms with E-state index in [0.29, 0.717) is 23.9 Å². The second-order valence-corrected chi connectivity index (χ2v) is 14.0. The Hall–Kier alpha value is -1.84. The third-order valence-electron chi connectivity index (χ3n) is 6.71. The summed E-state index contributed by atoms with van der Waals surface area (Å²) in [6.45, 7) is 20.7. The first kappa shape index (κ1) is 32.2. The average molecular weight is 501 g/mol. The Morgan fingerprint density at radius 3 is 1.72 bits per heavy atom. The van der Waals surface area contributed by atoms with Crippen molar-refractivity contribution < 1.29 is 9.59 Å². The van der Waals surface area contributed by atoms with Crippen LogP contribution in [0.3, 0.4) is 0 Å². The van der Waals surface area contributed by atoms with E-state index in [-0.39, 0.29) is 22.6 Å². The quantitative estimate of drug-likeness (QED) is 0.253. The van der Waals surface area contributed by atoms with Crippen LogP contribution in [0.1, 0.15) is 142 Å². The molecule has 0 saturated heterocycles. The van der Waals surface area contributed by atoms with Gasteiger partial charge in [-0.15, -0.1) is 0 Å². The van der Waals surface area contributed by atoms with Gasteiger partial charge in [0.1, 0.15) is 6.04 Å². The molecule has 2 amide bonds. The highest BCUT2D eigenvalue weighted by Crippen LogP contribution is 2.24. The van der Waals surface area contributed by atoms with E-state index >= 15 is 0 Å². The Morgan fingerprint density at radius 1 is 0.694 bits per heavy atom. The normalized spacial score (nSPS) is 13.4. The Morgan fingerprint density at radius 2 is 1.19 bits per heavy atom. The molecule has 0 aromatic heterocycles. The second kappa shape index (κ2) is 14.8. The lowest BCUT2D eigenvalue weighted by atomic mass is 9.86. The maximum Gasteiger partial charge on any atom is 0.251 e. The largest absolute Gasteiger partial charge is 0.354 e. The van der Waals surface area contributed by atoms with Crippen molar-refractivity contribution in [2.45, 2.75) is 138 Å². The minimum Gasteiger partial charge on any atom is -0.354 e. The highest BCUT2D eigenvalue weighted by molar-refractivity contribution is 5.97. The van der Waals surface area contributed by atoms with Crippen LogP contribution in [0.4, 0.5) is 0 Å². The van der Waals surface area contributed by atoms with Crippen LogP contribution in [0.25, 0.3) is 0 Å². The summed E-state index contributed by atoms with van der Waals surface area (Å²) in [6, 6.07) is 7.25. The van der Waals surface area contributed by atoms with E-state index in [4.69, 9.17) is 0 Å². The van der Waals surface area contributed by atoms with Gasteiger partial charge in [-0.2, -0.15) is 0 Å². The molecule has 0 radical (unpaired) electrons. The molecule has 0 fully saturated rings. The Kier molecular flexibility index (Phi) is 13.2. The average Bonchev–Trinajstić information content (AvgIpc) is 2.75. The lowest BCUT2D eigenvalue weighted by Gasteiger charge is -2.21. The van der Waals surface area contributed by atoms with Crippen molar-refractivity contribution in [3.8, 4) is 0 Å². The molecule has 206 valence electrons. The van der Waals surface area contributed by atoms with Gasteiger partial charge in [-0.05, 0) is 59.6 Å². The Balaban J connectivity index is 2.59. The molecule has 1 rings (SSSR count). The molecule has 4 nitrogen and oxygen atoms in total. The van der Waals surface area contributed by atoms with Crippen molar-refractivity contribution >= 4 is 11.8 Å². The maximum atomic E-state index is 13.0. The number of unbranched alkanes of at least 4 members (excludes halogenated alkanes) is 5. The molecule has 1 unspecified atom stereocenters. The zero-order valence-corrected chi connectivity index (χ0v) is 25.0. The van der Waals surface area contributed by atoms with Gasteiger partial charge in [0.15, 0.2) is 0 Å². The van der Waals surface area contributed by atoms with E-state index in [1.165, 1.54) is 31.2 Å². The third kappa shape index (κ3) is 14.7. The van der Waals surface area contributed by atoms with Crippen molar-refractivity contribution in [3.63, 3.8) is 0 Å². The summed E-state index contributed by atoms with van der Waals surface area (Å²) in [6.07, 6.45) is 10.9. The molecule has 0 saturated carbocycles. The van der Waals surface area contributed by atoms with Crippen LogP contribution in [0.5, 0.6) is 0 Å². The molecule has 1 aromatic carbocycles. The number of hydrogen-bond donors (Lipinski definition) is 2. The summed E-state index contributed by atoms with van der Waals surface area (Å²) in [5.41, 5.74) is 2.52. The number of carbonyl (C=O) groups is 2. The lowest BCUT2D eigenvalue weighted by molar-refractivity contribution is -0.123. The van der Waals surface area contributed by atoms with E-state index in [1.54, 1.807) is 0 Å². The summed E-state index contributed by atoms with van der Waals surface area (Å²) < 4.78 is 0. The molecular formula is C32H56N2O2. The van der Waals surface area contributed by atoms with Gasteiger partial charge in [-0.3, -0.25) is 9.59 Å². The number of rotatable bonds is 14. The third-order valence-corrected chi connectivity index (χ3v) is 6.71. The fourth-order valence-electron chi connectivity index (χ4n) is 4.28. The van der Waals surface area contributed by atoms with Crippen molar-refractivity contribution in [1.29, 1.82) is 0 Å². The fourth-order valence-corrected chi connectivity index (χ4v) is 4.28. The number of nitrogens with one attached hydrogen (secondary N) is 2. The zero-order valence-electron chi connectivity index (χ0n) is 25.0. The molecule has 1 atom stereocenters. The van der Waals surface area contributed by atoms with Gasteiger partial charge in [0, 0.05) is 12.1 Å². The molecule has 36 heavy (non-hydrogen) atoms. The molecule has 2 N–H and O–H groups in total. The first-order valence-electron chi connectivity index (χ1n) is 14.3. The van der Waals surface area contributed by atoms with Crippen molar-refractivity contribution in [2.24, 2.45) is 10.8 Å². The Bertz CT molecular complexity index is 776. The summed E-state index contributed by atoms with van der Waals surface area (Å²) in [7, 11) is 0. The van der Waals surface area contributed by atoms with Gasteiger partial charge in [-0.25, -0.2) is 0 Å². The van der Waals surface area contributed by atoms with Crippen LogP contribution < -0.4 is 10.6 Å². The maximum absolute atomic E-state index is 13.0. The molecule has 0 aliphatic heterocycles. The minimum atomic E-state index is -0.494. The zero-order chi connectivity index (χ0) is 27.4. The van der Waals surface area contributed by atoms with Crippen LogP contribution in [-0.4, -0.2) is 24.4 Å². The Labute approximate surface area is 222 Å². The van der Waals surface area contributed by atoms with E-state index < -0.39 is 6.04 Å². The number of amides is 2. The van der Waals surface area contributed by atoms with Crippen LogP contribution in [0.15, 0.2) is 24.3 Å². The number of benzene rings is 1. The number of carbonyl (C=O) groups excluding carboxylic acids is 2. The monoisotopic (exact) mass is 500 g/mol. The van der Waals surface area contributed by atoms with Gasteiger partial charge in [0.2, 0.25) is 5.91 Å². The van der Waals surface area contributed by atoms with E-state index in [9.17, 15) is 9.59 Å². The predicted octanol–water partition coefficient (Wildman–Crippen LogP) is 8.19. The minimum absolute atomic E-state index is 0.0388. The predicted molar refractivity (Wildman–Crippen MR) is 154 cm³/mol. The SMILES string of the molecule is CC(C)(C)CCCCCCCNC(=O)C(CCCCC(C)(C)C)NC(=O)c1ccc(C(C)(C)C)cc1. The standard InChI is InChI=1S/C32H56N2O2/c1-30(2,3)22-14-11-10-12-16-24-33-29(36)27(17-13-15-23-31(4,5)6)34-28(35)25-18-20-26(21-19-25)32(7,8)9/h18-21,27H,10-17,22-24H2,1-9H3,(H,33,36)(H,34,35). The first-order chi connectivity index (χ1) is 16.6. The first-order valence-corrected chi connectivity index (χ1v) is 14.3. The van der Waals surface area contributed by atoms with E-state index in [2.05, 4.69) is 72.9 Å². The molecular weight excluding hydrogens is 444 g/mol. The molecule has 0 heterocycles. The summed E-state index contributed by atoms with van der Waals surface area (Å²) >= 11 is 0. The van der Waals surface area contributed by atoms with Crippen molar-refractivity contribution in [1.82, 2.24) is 10.6 Å². The molecule has 1 aromatic rings.